The summed E-state index contributed by atoms with van der Waals surface area (Å²) in [6.45, 7) is 7.02. The Hall–Kier alpha value is -1.83. The summed E-state index contributed by atoms with van der Waals surface area (Å²) in [7, 11) is 0. The zero-order valence-corrected chi connectivity index (χ0v) is 12.8. The summed E-state index contributed by atoms with van der Waals surface area (Å²) in [6, 6.07) is 6.99. The Balaban J connectivity index is 2.69. The van der Waals surface area contributed by atoms with Gasteiger partial charge in [0.15, 0.2) is 0 Å². The van der Waals surface area contributed by atoms with Crippen molar-refractivity contribution in [3.63, 3.8) is 0 Å². The Morgan fingerprint density at radius 3 is 2.52 bits per heavy atom. The lowest BCUT2D eigenvalue weighted by Gasteiger charge is -2.22. The smallest absolute Gasteiger partial charge is 0.251 e. The quantitative estimate of drug-likeness (QED) is 0.785. The van der Waals surface area contributed by atoms with Crippen LogP contribution < -0.4 is 5.32 Å². The predicted octanol–water partition coefficient (Wildman–Crippen LogP) is 1.82. The molecule has 0 radical (unpaired) electrons. The molecule has 0 saturated heterocycles. The van der Waals surface area contributed by atoms with Gasteiger partial charge in [-0.05, 0) is 37.1 Å². The molecule has 114 valence electrons. The number of rotatable bonds is 6. The fraction of sp³-hybridized carbons (Fsp3) is 0.471. The lowest BCUT2D eigenvalue weighted by molar-refractivity contribution is 0.0806. The summed E-state index contributed by atoms with van der Waals surface area (Å²) in [5, 5.41) is 11.6. The summed E-state index contributed by atoms with van der Waals surface area (Å²) in [6.07, 6.45) is 0. The molecule has 1 aromatic carbocycles. The first-order valence-electron chi connectivity index (χ1n) is 7.16. The first kappa shape index (κ1) is 17.2. The second-order valence-electron chi connectivity index (χ2n) is 5.02. The Bertz CT molecular complexity index is 497. The van der Waals surface area contributed by atoms with Crippen LogP contribution in [0.5, 0.6) is 0 Å². The topological polar surface area (TPSA) is 58.6 Å². The Labute approximate surface area is 126 Å². The minimum atomic E-state index is -0.171. The average Bonchev–Trinajstić information content (AvgIpc) is 2.49. The fourth-order valence-corrected chi connectivity index (χ4v) is 1.74. The van der Waals surface area contributed by atoms with Gasteiger partial charge in [0.05, 0.1) is 12.6 Å². The minimum Gasteiger partial charge on any atom is -0.384 e. The zero-order valence-electron chi connectivity index (χ0n) is 12.8. The van der Waals surface area contributed by atoms with Crippen LogP contribution in [0.15, 0.2) is 24.3 Å². The van der Waals surface area contributed by atoms with Crippen molar-refractivity contribution in [1.29, 1.82) is 0 Å². The van der Waals surface area contributed by atoms with Gasteiger partial charge >= 0.3 is 0 Å². The van der Waals surface area contributed by atoms with E-state index in [0.717, 1.165) is 5.56 Å². The molecule has 2 N–H and O–H groups in total. The number of hydrogen-bond acceptors (Lipinski definition) is 3. The van der Waals surface area contributed by atoms with Gasteiger partial charge in [0.25, 0.3) is 5.91 Å². The highest BCUT2D eigenvalue weighted by molar-refractivity contribution is 5.94. The van der Waals surface area contributed by atoms with E-state index in [0.29, 0.717) is 24.7 Å². The van der Waals surface area contributed by atoms with Crippen molar-refractivity contribution in [3.8, 4) is 11.8 Å². The third-order valence-electron chi connectivity index (χ3n) is 3.08. The number of aliphatic hydroxyl groups excluding tert-OH is 1. The third-order valence-corrected chi connectivity index (χ3v) is 3.08. The van der Waals surface area contributed by atoms with E-state index in [4.69, 9.17) is 9.84 Å². The number of benzene rings is 1. The number of amides is 1. The maximum Gasteiger partial charge on any atom is 0.251 e. The first-order chi connectivity index (χ1) is 10.1. The van der Waals surface area contributed by atoms with Crippen LogP contribution in [0, 0.1) is 17.8 Å². The van der Waals surface area contributed by atoms with Gasteiger partial charge in [-0.3, -0.25) is 4.79 Å². The molecule has 0 bridgehead atoms. The number of nitrogens with one attached hydrogen (secondary N) is 1. The maximum absolute atomic E-state index is 12.2. The molecule has 0 fully saturated rings. The van der Waals surface area contributed by atoms with E-state index in [2.05, 4.69) is 31.0 Å². The summed E-state index contributed by atoms with van der Waals surface area (Å²) < 4.78 is 5.40. The lowest BCUT2D eigenvalue weighted by atomic mass is 10.0. The zero-order chi connectivity index (χ0) is 15.7. The SMILES string of the molecule is CCOCC(NC(=O)c1ccc(C#CCO)cc1)C(C)C. The van der Waals surface area contributed by atoms with Gasteiger partial charge in [-0.1, -0.05) is 25.7 Å². The molecule has 0 saturated carbocycles. The summed E-state index contributed by atoms with van der Waals surface area (Å²) in [4.78, 5) is 12.2. The summed E-state index contributed by atoms with van der Waals surface area (Å²) in [5.74, 6) is 5.55. The highest BCUT2D eigenvalue weighted by Crippen LogP contribution is 2.07. The molecule has 0 spiro atoms. The van der Waals surface area contributed by atoms with Gasteiger partial charge in [-0.2, -0.15) is 0 Å². The van der Waals surface area contributed by atoms with Gasteiger partial charge in [0.2, 0.25) is 0 Å². The van der Waals surface area contributed by atoms with Crippen molar-refractivity contribution in [3.05, 3.63) is 35.4 Å². The molecule has 1 aromatic rings. The normalized spacial score (nSPS) is 11.7. The largest absolute Gasteiger partial charge is 0.384 e. The van der Waals surface area contributed by atoms with E-state index in [-0.39, 0.29) is 18.6 Å². The molecule has 0 aliphatic rings. The molecule has 4 heteroatoms. The standard InChI is InChI=1S/C17H23NO3/c1-4-21-12-16(13(2)3)18-17(20)15-9-7-14(8-10-15)6-5-11-19/h7-10,13,16,19H,4,11-12H2,1-3H3,(H,18,20). The molecule has 1 unspecified atom stereocenters. The van der Waals surface area contributed by atoms with Crippen molar-refractivity contribution in [1.82, 2.24) is 5.32 Å². The molecule has 0 heterocycles. The van der Waals surface area contributed by atoms with E-state index < -0.39 is 0 Å². The fourth-order valence-electron chi connectivity index (χ4n) is 1.74. The Kier molecular flexibility index (Phi) is 7.52. The van der Waals surface area contributed by atoms with Gasteiger partial charge in [-0.25, -0.2) is 0 Å². The van der Waals surface area contributed by atoms with Gasteiger partial charge < -0.3 is 15.2 Å². The van der Waals surface area contributed by atoms with Crippen molar-refractivity contribution < 1.29 is 14.6 Å². The molecule has 4 nitrogen and oxygen atoms in total. The van der Waals surface area contributed by atoms with Crippen molar-refractivity contribution >= 4 is 5.91 Å². The predicted molar refractivity (Wildman–Crippen MR) is 83.0 cm³/mol. The maximum atomic E-state index is 12.2. The number of hydrogen-bond donors (Lipinski definition) is 2. The van der Waals surface area contributed by atoms with Crippen molar-refractivity contribution in [2.24, 2.45) is 5.92 Å². The van der Waals surface area contributed by atoms with Crippen LogP contribution in [-0.4, -0.2) is 36.9 Å². The van der Waals surface area contributed by atoms with Crippen LogP contribution in [0.1, 0.15) is 36.7 Å². The third kappa shape index (κ3) is 5.99. The highest BCUT2D eigenvalue weighted by Gasteiger charge is 2.17. The lowest BCUT2D eigenvalue weighted by Crippen LogP contribution is -2.41. The molecule has 1 atom stereocenters. The molecule has 1 rings (SSSR count). The van der Waals surface area contributed by atoms with E-state index in [1.807, 2.05) is 6.92 Å². The summed E-state index contributed by atoms with van der Waals surface area (Å²) in [5.41, 5.74) is 1.36. The number of carbonyl (C=O) groups is 1. The van der Waals surface area contributed by atoms with Crippen LogP contribution in [0.3, 0.4) is 0 Å². The Morgan fingerprint density at radius 1 is 1.33 bits per heavy atom. The molecular weight excluding hydrogens is 266 g/mol. The van der Waals surface area contributed by atoms with Gasteiger partial charge in [0, 0.05) is 17.7 Å². The molecule has 1 amide bonds. The molecule has 21 heavy (non-hydrogen) atoms. The van der Waals surface area contributed by atoms with Crippen LogP contribution in [0.4, 0.5) is 0 Å². The molecular formula is C17H23NO3. The van der Waals surface area contributed by atoms with E-state index in [9.17, 15) is 4.79 Å². The summed E-state index contributed by atoms with van der Waals surface area (Å²) >= 11 is 0. The molecule has 0 aromatic heterocycles. The number of aliphatic hydroxyl groups is 1. The number of carbonyl (C=O) groups excluding carboxylic acids is 1. The van der Waals surface area contributed by atoms with E-state index in [1.54, 1.807) is 24.3 Å². The Morgan fingerprint density at radius 2 is 2.00 bits per heavy atom. The van der Waals surface area contributed by atoms with Gasteiger partial charge in [0.1, 0.15) is 6.61 Å². The second kappa shape index (κ2) is 9.17. The molecule has 0 aliphatic carbocycles. The van der Waals surface area contributed by atoms with Crippen LogP contribution in [0.25, 0.3) is 0 Å². The molecule has 0 aliphatic heterocycles. The van der Waals surface area contributed by atoms with Crippen LogP contribution in [0.2, 0.25) is 0 Å². The van der Waals surface area contributed by atoms with Crippen LogP contribution >= 0.6 is 0 Å². The number of ether oxygens (including phenoxy) is 1. The first-order valence-corrected chi connectivity index (χ1v) is 7.16. The average molecular weight is 289 g/mol. The van der Waals surface area contributed by atoms with Crippen LogP contribution in [-0.2, 0) is 4.74 Å². The van der Waals surface area contributed by atoms with Gasteiger partial charge in [-0.15, -0.1) is 0 Å². The minimum absolute atomic E-state index is 0.00805. The highest BCUT2D eigenvalue weighted by atomic mass is 16.5. The van der Waals surface area contributed by atoms with E-state index >= 15 is 0 Å². The van der Waals surface area contributed by atoms with Crippen molar-refractivity contribution in [2.45, 2.75) is 26.8 Å². The van der Waals surface area contributed by atoms with E-state index in [1.165, 1.54) is 0 Å². The second-order valence-corrected chi connectivity index (χ2v) is 5.02. The van der Waals surface area contributed by atoms with Crippen molar-refractivity contribution in [2.75, 3.05) is 19.8 Å². The monoisotopic (exact) mass is 289 g/mol.